The van der Waals surface area contributed by atoms with Crippen LogP contribution in [0.4, 0.5) is 5.00 Å². The van der Waals surface area contributed by atoms with E-state index in [2.05, 4.69) is 5.32 Å². The molecule has 2 aliphatic rings. The van der Waals surface area contributed by atoms with Gasteiger partial charge < -0.3 is 10.1 Å². The summed E-state index contributed by atoms with van der Waals surface area (Å²) in [6, 6.07) is 0. The summed E-state index contributed by atoms with van der Waals surface area (Å²) in [7, 11) is -3.19. The Hall–Kier alpha value is -1.49. The maximum atomic E-state index is 12.5. The third kappa shape index (κ3) is 4.91. The normalized spacial score (nSPS) is 18.8. The molecular weight excluding hydrogens is 402 g/mol. The van der Waals surface area contributed by atoms with E-state index in [0.717, 1.165) is 18.4 Å². The first-order valence-electron chi connectivity index (χ1n) is 9.64. The summed E-state index contributed by atoms with van der Waals surface area (Å²) in [5.74, 6) is -0.123. The average molecular weight is 430 g/mol. The number of sulfonamides is 1. The van der Waals surface area contributed by atoms with Crippen LogP contribution < -0.4 is 5.32 Å². The van der Waals surface area contributed by atoms with Gasteiger partial charge >= 0.3 is 5.97 Å². The molecule has 0 atom stereocenters. The zero-order valence-corrected chi connectivity index (χ0v) is 17.9. The molecular formula is C18H27N3O5S2. The van der Waals surface area contributed by atoms with Gasteiger partial charge in [0.05, 0.1) is 24.5 Å². The maximum absolute atomic E-state index is 12.5. The monoisotopic (exact) mass is 429 g/mol. The molecule has 1 saturated carbocycles. The zero-order chi connectivity index (χ0) is 20.3. The fourth-order valence-corrected chi connectivity index (χ4v) is 5.42. The summed E-state index contributed by atoms with van der Waals surface area (Å²) in [4.78, 5) is 26.8. The second-order valence-electron chi connectivity index (χ2n) is 7.01. The number of carbonyl (C=O) groups excluding carboxylic acids is 2. The maximum Gasteiger partial charge on any atom is 0.341 e. The van der Waals surface area contributed by atoms with Crippen LogP contribution in [0.2, 0.25) is 0 Å². The average Bonchev–Trinajstić information content (AvgIpc) is 3.43. The van der Waals surface area contributed by atoms with E-state index in [1.807, 2.05) is 10.3 Å². The lowest BCUT2D eigenvalue weighted by Crippen LogP contribution is -2.50. The van der Waals surface area contributed by atoms with Crippen molar-refractivity contribution in [2.75, 3.05) is 50.4 Å². The van der Waals surface area contributed by atoms with Gasteiger partial charge in [-0.1, -0.05) is 0 Å². The van der Waals surface area contributed by atoms with Crippen molar-refractivity contribution in [3.63, 3.8) is 0 Å². The van der Waals surface area contributed by atoms with Gasteiger partial charge in [0.2, 0.25) is 15.9 Å². The summed E-state index contributed by atoms with van der Waals surface area (Å²) < 4.78 is 30.5. The van der Waals surface area contributed by atoms with Crippen LogP contribution in [-0.4, -0.2) is 74.6 Å². The Morgan fingerprint density at radius 3 is 2.46 bits per heavy atom. The van der Waals surface area contributed by atoms with E-state index in [0.29, 0.717) is 42.7 Å². The molecule has 28 heavy (non-hydrogen) atoms. The number of nitrogens with one attached hydrogen (secondary N) is 1. The lowest BCUT2D eigenvalue weighted by atomic mass is 10.1. The third-order valence-electron chi connectivity index (χ3n) is 5.03. The SMILES string of the molecule is CCOC(=O)c1c(C2CC2)csc1NC(=O)CN1CCN(S(=O)(=O)CC)CC1. The number of hydrogen-bond donors (Lipinski definition) is 1. The number of anilines is 1. The Bertz CT molecular complexity index is 824. The Balaban J connectivity index is 1.59. The first kappa shape index (κ1) is 21.2. The Morgan fingerprint density at radius 1 is 1.21 bits per heavy atom. The number of esters is 1. The van der Waals surface area contributed by atoms with E-state index in [1.165, 1.54) is 15.6 Å². The minimum Gasteiger partial charge on any atom is -0.462 e. The van der Waals surface area contributed by atoms with Crippen LogP contribution in [-0.2, 0) is 19.6 Å². The second kappa shape index (κ2) is 8.89. The molecule has 10 heteroatoms. The zero-order valence-electron chi connectivity index (χ0n) is 16.3. The lowest BCUT2D eigenvalue weighted by molar-refractivity contribution is -0.117. The third-order valence-corrected chi connectivity index (χ3v) is 7.82. The first-order chi connectivity index (χ1) is 13.4. The van der Waals surface area contributed by atoms with Crippen molar-refractivity contribution in [3.05, 3.63) is 16.5 Å². The molecule has 0 radical (unpaired) electrons. The summed E-state index contributed by atoms with van der Waals surface area (Å²) in [5.41, 5.74) is 1.46. The quantitative estimate of drug-likeness (QED) is 0.632. The van der Waals surface area contributed by atoms with Crippen molar-refractivity contribution >= 4 is 38.2 Å². The fourth-order valence-electron chi connectivity index (χ4n) is 3.29. The highest BCUT2D eigenvalue weighted by Gasteiger charge is 2.33. The number of piperazine rings is 1. The molecule has 0 bridgehead atoms. The van der Waals surface area contributed by atoms with Gasteiger partial charge in [-0.2, -0.15) is 4.31 Å². The Kier molecular flexibility index (Phi) is 6.74. The highest BCUT2D eigenvalue weighted by Crippen LogP contribution is 2.46. The topological polar surface area (TPSA) is 96.0 Å². The molecule has 1 saturated heterocycles. The number of hydrogen-bond acceptors (Lipinski definition) is 7. The summed E-state index contributed by atoms with van der Waals surface area (Å²) in [5, 5.41) is 5.34. The van der Waals surface area contributed by atoms with Crippen LogP contribution in [0.25, 0.3) is 0 Å². The van der Waals surface area contributed by atoms with Gasteiger partial charge in [0, 0.05) is 26.2 Å². The van der Waals surface area contributed by atoms with Crippen LogP contribution in [0.3, 0.4) is 0 Å². The second-order valence-corrected chi connectivity index (χ2v) is 10.2. The predicted molar refractivity (Wildman–Crippen MR) is 108 cm³/mol. The van der Waals surface area contributed by atoms with E-state index < -0.39 is 10.0 Å². The van der Waals surface area contributed by atoms with Gasteiger partial charge in [-0.25, -0.2) is 13.2 Å². The van der Waals surface area contributed by atoms with Crippen molar-refractivity contribution in [2.24, 2.45) is 0 Å². The Morgan fingerprint density at radius 2 is 1.89 bits per heavy atom. The molecule has 0 aromatic carbocycles. The van der Waals surface area contributed by atoms with Gasteiger partial charge in [-0.05, 0) is 43.6 Å². The van der Waals surface area contributed by atoms with Crippen molar-refractivity contribution in [1.82, 2.24) is 9.21 Å². The number of nitrogens with zero attached hydrogens (tertiary/aromatic N) is 2. The van der Waals surface area contributed by atoms with E-state index in [4.69, 9.17) is 4.74 Å². The molecule has 2 heterocycles. The van der Waals surface area contributed by atoms with Gasteiger partial charge in [0.15, 0.2) is 0 Å². The first-order valence-corrected chi connectivity index (χ1v) is 12.1. The van der Waals surface area contributed by atoms with Crippen molar-refractivity contribution in [2.45, 2.75) is 32.6 Å². The van der Waals surface area contributed by atoms with E-state index in [-0.39, 0.29) is 30.8 Å². The van der Waals surface area contributed by atoms with E-state index >= 15 is 0 Å². The van der Waals surface area contributed by atoms with E-state index in [1.54, 1.807) is 13.8 Å². The smallest absolute Gasteiger partial charge is 0.341 e. The number of rotatable bonds is 8. The minimum atomic E-state index is -3.19. The van der Waals surface area contributed by atoms with Crippen molar-refractivity contribution in [3.8, 4) is 0 Å². The summed E-state index contributed by atoms with van der Waals surface area (Å²) in [6.07, 6.45) is 2.11. The number of carbonyl (C=O) groups is 2. The summed E-state index contributed by atoms with van der Waals surface area (Å²) >= 11 is 1.36. The predicted octanol–water partition coefficient (Wildman–Crippen LogP) is 1.71. The van der Waals surface area contributed by atoms with Crippen LogP contribution in [0.5, 0.6) is 0 Å². The minimum absolute atomic E-state index is 0.0891. The molecule has 1 aliphatic carbocycles. The van der Waals surface area contributed by atoms with Gasteiger partial charge in [-0.3, -0.25) is 9.69 Å². The molecule has 1 amide bonds. The highest BCUT2D eigenvalue weighted by molar-refractivity contribution is 7.89. The molecule has 0 spiro atoms. The summed E-state index contributed by atoms with van der Waals surface area (Å²) in [6.45, 7) is 5.65. The van der Waals surface area contributed by atoms with Crippen LogP contribution in [0.1, 0.15) is 48.5 Å². The molecule has 1 N–H and O–H groups in total. The standard InChI is InChI=1S/C18H27N3O5S2/c1-3-26-18(23)16-14(13-5-6-13)12-27-17(16)19-15(22)11-20-7-9-21(10-8-20)28(24,25)4-2/h12-13H,3-11H2,1-2H3,(H,19,22). The highest BCUT2D eigenvalue weighted by atomic mass is 32.2. The Labute approximate surface area is 169 Å². The number of thiophene rings is 1. The molecule has 1 aromatic rings. The van der Waals surface area contributed by atoms with Crippen LogP contribution >= 0.6 is 11.3 Å². The molecule has 3 rings (SSSR count). The largest absolute Gasteiger partial charge is 0.462 e. The molecule has 8 nitrogen and oxygen atoms in total. The van der Waals surface area contributed by atoms with Gasteiger partial charge in [0.25, 0.3) is 0 Å². The fraction of sp³-hybridized carbons (Fsp3) is 0.667. The lowest BCUT2D eigenvalue weighted by Gasteiger charge is -2.33. The number of ether oxygens (including phenoxy) is 1. The molecule has 0 unspecified atom stereocenters. The molecule has 1 aliphatic heterocycles. The number of amides is 1. The van der Waals surface area contributed by atoms with Crippen LogP contribution in [0, 0.1) is 0 Å². The van der Waals surface area contributed by atoms with Crippen molar-refractivity contribution in [1.29, 1.82) is 0 Å². The van der Waals surface area contributed by atoms with Gasteiger partial charge in [0.1, 0.15) is 5.00 Å². The molecule has 2 fully saturated rings. The van der Waals surface area contributed by atoms with Gasteiger partial charge in [-0.15, -0.1) is 11.3 Å². The van der Waals surface area contributed by atoms with E-state index in [9.17, 15) is 18.0 Å². The van der Waals surface area contributed by atoms with Crippen LogP contribution in [0.15, 0.2) is 5.38 Å². The van der Waals surface area contributed by atoms with Crippen molar-refractivity contribution < 1.29 is 22.7 Å². The molecule has 1 aromatic heterocycles. The molecule has 156 valence electrons.